The number of amides is 1. The number of primary amides is 1. The smallest absolute Gasteiger partial charge is 0.219 e. The lowest BCUT2D eigenvalue weighted by Crippen LogP contribution is -2.39. The van der Waals surface area contributed by atoms with Crippen LogP contribution in [0.2, 0.25) is 0 Å². The molecule has 0 saturated heterocycles. The molecule has 0 radical (unpaired) electrons. The number of nitrogens with zero attached hydrogens (tertiary/aromatic N) is 3. The molecule has 1 aliphatic heterocycles. The van der Waals surface area contributed by atoms with Crippen molar-refractivity contribution in [3.05, 3.63) is 102 Å². The van der Waals surface area contributed by atoms with E-state index in [0.29, 0.717) is 13.0 Å². The number of aryl methyl sites for hydroxylation is 2. The number of anilines is 1. The average Bonchev–Trinajstić information content (AvgIpc) is 3.21. The van der Waals surface area contributed by atoms with Gasteiger partial charge >= 0.3 is 0 Å². The molecule has 5 rings (SSSR count). The van der Waals surface area contributed by atoms with Gasteiger partial charge in [0.15, 0.2) is 31.7 Å². The van der Waals surface area contributed by atoms with Gasteiger partial charge in [-0.2, -0.15) is 4.57 Å². The van der Waals surface area contributed by atoms with Gasteiger partial charge in [0.1, 0.15) is 0 Å². The quantitative estimate of drug-likeness (QED) is 0.393. The zero-order chi connectivity index (χ0) is 23.3. The number of rotatable bonds is 8. The van der Waals surface area contributed by atoms with E-state index in [0.717, 1.165) is 30.2 Å². The summed E-state index contributed by atoms with van der Waals surface area (Å²) >= 11 is 1.74. The largest absolute Gasteiger partial charge is 0.370 e. The summed E-state index contributed by atoms with van der Waals surface area (Å²) in [5.41, 5.74) is 8.99. The second kappa shape index (κ2) is 10.1. The molecule has 170 valence electrons. The van der Waals surface area contributed by atoms with E-state index in [9.17, 15) is 4.79 Å². The van der Waals surface area contributed by atoms with Gasteiger partial charge in [-0.1, -0.05) is 42.1 Å². The maximum absolute atomic E-state index is 11.5. The Morgan fingerprint density at radius 3 is 2.56 bits per heavy atom. The summed E-state index contributed by atoms with van der Waals surface area (Å²) in [5, 5.41) is 2.34. The van der Waals surface area contributed by atoms with Gasteiger partial charge < -0.3 is 10.6 Å². The number of pyridine rings is 2. The molecule has 1 aliphatic rings. The van der Waals surface area contributed by atoms with Crippen LogP contribution in [-0.4, -0.2) is 12.5 Å². The summed E-state index contributed by atoms with van der Waals surface area (Å²) in [6, 6.07) is 25.3. The number of benzene rings is 2. The first kappa shape index (κ1) is 22.2. The first-order chi connectivity index (χ1) is 16.7. The molecule has 0 saturated carbocycles. The fourth-order valence-electron chi connectivity index (χ4n) is 4.38. The summed E-state index contributed by atoms with van der Waals surface area (Å²) in [6.07, 6.45) is 10.0. The number of aromatic nitrogens is 2. The summed E-state index contributed by atoms with van der Waals surface area (Å²) in [7, 11) is 0. The molecular weight excluding hydrogens is 440 g/mol. The summed E-state index contributed by atoms with van der Waals surface area (Å²) in [4.78, 5) is 14.9. The van der Waals surface area contributed by atoms with Crippen molar-refractivity contribution in [1.29, 1.82) is 0 Å². The zero-order valence-electron chi connectivity index (χ0n) is 19.0. The first-order valence-corrected chi connectivity index (χ1v) is 12.4. The lowest BCUT2D eigenvalue weighted by atomic mass is 10.1. The van der Waals surface area contributed by atoms with Gasteiger partial charge in [-0.15, -0.1) is 0 Å². The Kier molecular flexibility index (Phi) is 6.58. The van der Waals surface area contributed by atoms with E-state index >= 15 is 0 Å². The van der Waals surface area contributed by atoms with Crippen LogP contribution in [0.25, 0.3) is 17.0 Å². The minimum atomic E-state index is -0.284. The molecular formula is C28H28N4OS+2. The van der Waals surface area contributed by atoms with E-state index in [1.807, 2.05) is 12.1 Å². The molecule has 2 N–H and O–H groups in total. The third-order valence-electron chi connectivity index (χ3n) is 6.05. The van der Waals surface area contributed by atoms with Crippen LogP contribution >= 0.6 is 11.8 Å². The molecule has 5 nitrogen and oxygen atoms in total. The van der Waals surface area contributed by atoms with Crippen molar-refractivity contribution in [3.8, 4) is 0 Å². The SMILES string of the molecule is NC(=O)CCN1C(=Cc2cc[n+](CCC[n+]3ccccc3)c3ccccc23)Sc2ccccc21. The van der Waals surface area contributed by atoms with Gasteiger partial charge in [0.2, 0.25) is 11.4 Å². The zero-order valence-corrected chi connectivity index (χ0v) is 19.8. The van der Waals surface area contributed by atoms with Crippen LogP contribution in [0.4, 0.5) is 5.69 Å². The van der Waals surface area contributed by atoms with E-state index in [1.54, 1.807) is 11.8 Å². The lowest BCUT2D eigenvalue weighted by molar-refractivity contribution is -0.717. The normalized spacial score (nSPS) is 14.0. The van der Waals surface area contributed by atoms with Crippen molar-refractivity contribution in [2.24, 2.45) is 5.73 Å². The number of hydrogen-bond donors (Lipinski definition) is 1. The minimum absolute atomic E-state index is 0.284. The Labute approximate surface area is 204 Å². The molecule has 4 aromatic rings. The molecule has 0 bridgehead atoms. The first-order valence-electron chi connectivity index (χ1n) is 11.6. The van der Waals surface area contributed by atoms with Gasteiger partial charge in [0.25, 0.3) is 0 Å². The Morgan fingerprint density at radius 1 is 0.912 bits per heavy atom. The minimum Gasteiger partial charge on any atom is -0.370 e. The van der Waals surface area contributed by atoms with E-state index in [1.165, 1.54) is 21.4 Å². The number of fused-ring (bicyclic) bond motifs is 2. The van der Waals surface area contributed by atoms with Crippen molar-refractivity contribution in [1.82, 2.24) is 0 Å². The second-order valence-corrected chi connectivity index (χ2v) is 9.43. The highest BCUT2D eigenvalue weighted by Crippen LogP contribution is 2.46. The number of para-hydroxylation sites is 2. The molecule has 3 heterocycles. The molecule has 2 aromatic heterocycles. The van der Waals surface area contributed by atoms with Crippen molar-refractivity contribution >= 4 is 40.3 Å². The maximum atomic E-state index is 11.5. The van der Waals surface area contributed by atoms with E-state index < -0.39 is 0 Å². The fourth-order valence-corrected chi connectivity index (χ4v) is 5.52. The molecule has 6 heteroatoms. The van der Waals surface area contributed by atoms with Crippen molar-refractivity contribution < 1.29 is 13.9 Å². The molecule has 34 heavy (non-hydrogen) atoms. The Morgan fingerprint density at radius 2 is 1.71 bits per heavy atom. The third-order valence-corrected chi connectivity index (χ3v) is 7.16. The van der Waals surface area contributed by atoms with Gasteiger partial charge in [-0.05, 0) is 29.8 Å². The highest BCUT2D eigenvalue weighted by Gasteiger charge is 2.25. The molecule has 2 aromatic carbocycles. The van der Waals surface area contributed by atoms with Crippen molar-refractivity contribution in [2.75, 3.05) is 11.4 Å². The second-order valence-electron chi connectivity index (χ2n) is 8.37. The van der Waals surface area contributed by atoms with Crippen molar-refractivity contribution in [3.63, 3.8) is 0 Å². The van der Waals surface area contributed by atoms with Crippen LogP contribution in [0.1, 0.15) is 18.4 Å². The van der Waals surface area contributed by atoms with Crippen LogP contribution in [0.3, 0.4) is 0 Å². The average molecular weight is 469 g/mol. The molecule has 0 fully saturated rings. The standard InChI is InChI=1S/C28H27N4OS/c29-27(33)14-20-32-25-11-4-5-12-26(25)34-28(32)21-22-13-19-31(24-10-3-2-9-23(22)24)18-8-17-30-15-6-1-7-16-30/h1-7,9-13,15-16,19,21H,8,14,17-18,20H2,(H-,29,33)/q+1/p+1. The molecule has 0 spiro atoms. The maximum Gasteiger partial charge on any atom is 0.219 e. The number of carbonyl (C=O) groups is 1. The Bertz CT molecular complexity index is 1350. The highest BCUT2D eigenvalue weighted by atomic mass is 32.2. The molecule has 0 aliphatic carbocycles. The van der Waals surface area contributed by atoms with Gasteiger partial charge in [0, 0.05) is 42.1 Å². The van der Waals surface area contributed by atoms with Crippen LogP contribution in [0.5, 0.6) is 0 Å². The monoisotopic (exact) mass is 468 g/mol. The van der Waals surface area contributed by atoms with Crippen LogP contribution in [-0.2, 0) is 17.9 Å². The molecule has 0 atom stereocenters. The van der Waals surface area contributed by atoms with Gasteiger partial charge in [0.05, 0.1) is 22.5 Å². The van der Waals surface area contributed by atoms with E-state index in [-0.39, 0.29) is 5.91 Å². The van der Waals surface area contributed by atoms with E-state index in [2.05, 4.69) is 99.4 Å². The fraction of sp³-hybridized carbons (Fsp3) is 0.179. The van der Waals surface area contributed by atoms with Gasteiger partial charge in [-0.25, -0.2) is 4.57 Å². The third kappa shape index (κ3) is 4.82. The number of nitrogens with two attached hydrogens (primary N) is 1. The van der Waals surface area contributed by atoms with Gasteiger partial charge in [-0.3, -0.25) is 4.79 Å². The van der Waals surface area contributed by atoms with Crippen molar-refractivity contribution in [2.45, 2.75) is 30.8 Å². The Balaban J connectivity index is 1.43. The summed E-state index contributed by atoms with van der Waals surface area (Å²) < 4.78 is 4.55. The van der Waals surface area contributed by atoms with E-state index in [4.69, 9.17) is 5.73 Å². The van der Waals surface area contributed by atoms with Crippen LogP contribution in [0.15, 0.2) is 101 Å². The number of thioether (sulfide) groups is 1. The summed E-state index contributed by atoms with van der Waals surface area (Å²) in [5.74, 6) is -0.284. The van der Waals surface area contributed by atoms with Crippen LogP contribution in [0, 0.1) is 0 Å². The highest BCUT2D eigenvalue weighted by molar-refractivity contribution is 8.03. The molecule has 1 amide bonds. The van der Waals surface area contributed by atoms with Crippen LogP contribution < -0.4 is 19.8 Å². The molecule has 0 unspecified atom stereocenters. The Hall–Kier alpha value is -3.64. The predicted octanol–water partition coefficient (Wildman–Crippen LogP) is 4.29. The predicted molar refractivity (Wildman–Crippen MR) is 137 cm³/mol. The summed E-state index contributed by atoms with van der Waals surface area (Å²) in [6.45, 7) is 2.51. The topological polar surface area (TPSA) is 54.1 Å². The lowest BCUT2D eigenvalue weighted by Gasteiger charge is -2.20. The number of hydrogen-bond acceptors (Lipinski definition) is 3. The number of carbonyl (C=O) groups excluding carboxylic acids is 1.